The molecule has 0 aliphatic carbocycles. The van der Waals surface area contributed by atoms with E-state index in [1.165, 1.54) is 6.26 Å². The Kier molecular flexibility index (Phi) is 1.92. The Morgan fingerprint density at radius 1 is 1.50 bits per heavy atom. The first-order valence-electron chi connectivity index (χ1n) is 4.30. The minimum atomic E-state index is -3.11. The lowest BCUT2D eigenvalue weighted by atomic mass is 10.2. The summed E-state index contributed by atoms with van der Waals surface area (Å²) in [6.07, 6.45) is 8.37. The fraction of sp³-hybridized carbons (Fsp3) is 0.333. The van der Waals surface area contributed by atoms with Crippen molar-refractivity contribution in [3.8, 4) is 0 Å². The van der Waals surface area contributed by atoms with Crippen molar-refractivity contribution >= 4 is 9.84 Å². The van der Waals surface area contributed by atoms with Crippen LogP contribution >= 0.6 is 0 Å². The smallest absolute Gasteiger partial charge is 0.177 e. The molecule has 14 heavy (non-hydrogen) atoms. The van der Waals surface area contributed by atoms with Crippen molar-refractivity contribution < 1.29 is 8.42 Å². The largest absolute Gasteiger partial charge is 0.303 e. The Bertz CT molecular complexity index is 445. The topological polar surface area (TPSA) is 49.4 Å². The van der Waals surface area contributed by atoms with Gasteiger partial charge in [0.25, 0.3) is 0 Å². The number of nitrogens with zero attached hydrogens (tertiary/aromatic N) is 1. The van der Waals surface area contributed by atoms with Crippen molar-refractivity contribution in [3.63, 3.8) is 0 Å². The molecule has 4 nitrogen and oxygen atoms in total. The average Bonchev–Trinajstić information content (AvgIpc) is 2.41. The molecule has 1 unspecified atom stereocenters. The van der Waals surface area contributed by atoms with E-state index in [2.05, 4.69) is 5.43 Å². The van der Waals surface area contributed by atoms with Crippen LogP contribution in [-0.2, 0) is 9.84 Å². The van der Waals surface area contributed by atoms with Crippen molar-refractivity contribution in [2.24, 2.45) is 0 Å². The molecule has 1 atom stereocenters. The van der Waals surface area contributed by atoms with Gasteiger partial charge in [-0.05, 0) is 19.1 Å². The first kappa shape index (κ1) is 9.33. The third-order valence-corrected chi connectivity index (χ3v) is 3.30. The monoisotopic (exact) mass is 212 g/mol. The van der Waals surface area contributed by atoms with E-state index in [1.807, 2.05) is 19.1 Å². The van der Waals surface area contributed by atoms with Crippen LogP contribution in [-0.4, -0.2) is 25.7 Å². The van der Waals surface area contributed by atoms with E-state index >= 15 is 0 Å². The van der Waals surface area contributed by atoms with Gasteiger partial charge in [0.05, 0.1) is 10.9 Å². The third kappa shape index (κ3) is 1.55. The zero-order valence-electron chi connectivity index (χ0n) is 8.06. The van der Waals surface area contributed by atoms with Crippen molar-refractivity contribution in [1.29, 1.82) is 0 Å². The number of hydrogen-bond donors (Lipinski definition) is 1. The van der Waals surface area contributed by atoms with Crippen LogP contribution in [0.15, 0.2) is 35.0 Å². The van der Waals surface area contributed by atoms with Crippen LogP contribution in [0.1, 0.15) is 6.92 Å². The molecule has 0 saturated carbocycles. The van der Waals surface area contributed by atoms with E-state index < -0.39 is 9.84 Å². The first-order valence-corrected chi connectivity index (χ1v) is 6.19. The lowest BCUT2D eigenvalue weighted by molar-refractivity contribution is 0.315. The fourth-order valence-corrected chi connectivity index (χ4v) is 2.14. The van der Waals surface area contributed by atoms with E-state index in [9.17, 15) is 8.42 Å². The molecule has 0 saturated heterocycles. The summed E-state index contributed by atoms with van der Waals surface area (Å²) < 4.78 is 22.5. The van der Waals surface area contributed by atoms with E-state index in [4.69, 9.17) is 0 Å². The Balaban J connectivity index is 2.31. The number of hydrazine groups is 1. The second-order valence-corrected chi connectivity index (χ2v) is 5.54. The molecule has 0 amide bonds. The molecule has 2 heterocycles. The molecule has 0 aromatic rings. The zero-order valence-corrected chi connectivity index (χ0v) is 8.88. The lowest BCUT2D eigenvalue weighted by Crippen LogP contribution is -2.34. The zero-order chi connectivity index (χ0) is 10.3. The maximum atomic E-state index is 11.3. The Morgan fingerprint density at radius 3 is 2.86 bits per heavy atom. The minimum Gasteiger partial charge on any atom is -0.303 e. The normalized spacial score (nSPS) is 25.3. The minimum absolute atomic E-state index is 0.139. The second kappa shape index (κ2) is 2.88. The predicted octanol–water partition coefficient (Wildman–Crippen LogP) is 0.535. The molecule has 0 aromatic heterocycles. The quantitative estimate of drug-likeness (QED) is 0.689. The van der Waals surface area contributed by atoms with Crippen LogP contribution in [0.25, 0.3) is 0 Å². The van der Waals surface area contributed by atoms with E-state index in [-0.39, 0.29) is 6.04 Å². The number of fused-ring (bicyclic) bond motifs is 1. The molecule has 2 aliphatic heterocycles. The summed E-state index contributed by atoms with van der Waals surface area (Å²) in [5, 5.41) is 1.78. The average molecular weight is 212 g/mol. The highest BCUT2D eigenvalue weighted by molar-refractivity contribution is 7.94. The summed E-state index contributed by atoms with van der Waals surface area (Å²) in [4.78, 5) is 0.337. The molecule has 0 bridgehead atoms. The summed E-state index contributed by atoms with van der Waals surface area (Å²) >= 11 is 0. The highest BCUT2D eigenvalue weighted by Crippen LogP contribution is 2.21. The Labute approximate surface area is 83.5 Å². The van der Waals surface area contributed by atoms with Crippen LogP contribution in [0.2, 0.25) is 0 Å². The molecule has 76 valence electrons. The molecule has 0 fully saturated rings. The van der Waals surface area contributed by atoms with Gasteiger partial charge >= 0.3 is 0 Å². The summed E-state index contributed by atoms with van der Waals surface area (Å²) in [6.45, 7) is 1.94. The molecule has 0 radical (unpaired) electrons. The summed E-state index contributed by atoms with van der Waals surface area (Å²) in [7, 11) is -3.11. The summed E-state index contributed by atoms with van der Waals surface area (Å²) in [6, 6.07) is 0.139. The Morgan fingerprint density at radius 2 is 2.21 bits per heavy atom. The van der Waals surface area contributed by atoms with Crippen LogP contribution in [0.4, 0.5) is 0 Å². The molecule has 5 heteroatoms. The molecule has 0 spiro atoms. The van der Waals surface area contributed by atoms with Crippen molar-refractivity contribution in [1.82, 2.24) is 10.4 Å². The van der Waals surface area contributed by atoms with Crippen LogP contribution in [0.3, 0.4) is 0 Å². The van der Waals surface area contributed by atoms with Gasteiger partial charge in [-0.2, -0.15) is 0 Å². The molecule has 1 N–H and O–H groups in total. The molecule has 0 aromatic carbocycles. The second-order valence-electron chi connectivity index (χ2n) is 3.52. The highest BCUT2D eigenvalue weighted by Gasteiger charge is 2.23. The number of sulfone groups is 1. The fourth-order valence-electron chi connectivity index (χ4n) is 1.51. The van der Waals surface area contributed by atoms with Gasteiger partial charge in [0, 0.05) is 18.2 Å². The van der Waals surface area contributed by atoms with Crippen LogP contribution < -0.4 is 5.43 Å². The van der Waals surface area contributed by atoms with Gasteiger partial charge in [0.1, 0.15) is 0 Å². The van der Waals surface area contributed by atoms with Gasteiger partial charge in [-0.3, -0.25) is 5.01 Å². The Hall–Kier alpha value is -1.23. The molecular weight excluding hydrogens is 200 g/mol. The van der Waals surface area contributed by atoms with Gasteiger partial charge < -0.3 is 5.43 Å². The van der Waals surface area contributed by atoms with Gasteiger partial charge in [0.15, 0.2) is 9.84 Å². The van der Waals surface area contributed by atoms with Gasteiger partial charge in [-0.1, -0.05) is 6.08 Å². The first-order chi connectivity index (χ1) is 6.47. The van der Waals surface area contributed by atoms with Crippen LogP contribution in [0.5, 0.6) is 0 Å². The maximum absolute atomic E-state index is 11.3. The highest BCUT2D eigenvalue weighted by atomic mass is 32.2. The molecular formula is C9H12N2O2S. The van der Waals surface area contributed by atoms with Crippen molar-refractivity contribution in [3.05, 3.63) is 35.0 Å². The molecule has 2 aliphatic rings. The number of hydrogen-bond acceptors (Lipinski definition) is 4. The maximum Gasteiger partial charge on any atom is 0.177 e. The molecule has 2 rings (SSSR count). The van der Waals surface area contributed by atoms with E-state index in [0.717, 1.165) is 5.70 Å². The predicted molar refractivity (Wildman–Crippen MR) is 54.6 cm³/mol. The van der Waals surface area contributed by atoms with Gasteiger partial charge in [-0.15, -0.1) is 0 Å². The van der Waals surface area contributed by atoms with E-state index in [1.54, 1.807) is 17.3 Å². The standard InChI is InChI=1S/C9H12N2O2S/c1-7-5-8-3-4-9(14(2,12)13)6-11(8)10-7/h3-6,8,10H,1-2H3. The number of rotatable bonds is 1. The number of allylic oxidation sites excluding steroid dienone is 2. The van der Waals surface area contributed by atoms with Gasteiger partial charge in [-0.25, -0.2) is 8.42 Å². The van der Waals surface area contributed by atoms with Gasteiger partial charge in [0.2, 0.25) is 0 Å². The summed E-state index contributed by atoms with van der Waals surface area (Å²) in [5.41, 5.74) is 4.09. The number of nitrogens with one attached hydrogen (secondary N) is 1. The van der Waals surface area contributed by atoms with Crippen LogP contribution in [0, 0.1) is 0 Å². The van der Waals surface area contributed by atoms with E-state index in [0.29, 0.717) is 4.91 Å². The summed E-state index contributed by atoms with van der Waals surface area (Å²) in [5.74, 6) is 0. The third-order valence-electron chi connectivity index (χ3n) is 2.20. The van der Waals surface area contributed by atoms with Crippen molar-refractivity contribution in [2.45, 2.75) is 13.0 Å². The lowest BCUT2D eigenvalue weighted by Gasteiger charge is -2.24. The SMILES string of the molecule is CC1=CC2C=CC(S(C)(=O)=O)=CN2N1. The van der Waals surface area contributed by atoms with Crippen molar-refractivity contribution in [2.75, 3.05) is 6.26 Å².